The van der Waals surface area contributed by atoms with Gasteiger partial charge in [-0.3, -0.25) is 9.59 Å². The van der Waals surface area contributed by atoms with Crippen molar-refractivity contribution in [1.29, 1.82) is 0 Å². The molecule has 1 saturated heterocycles. The molecular formula is C15H28ClN3O2. The Morgan fingerprint density at radius 1 is 1.33 bits per heavy atom. The van der Waals surface area contributed by atoms with E-state index in [0.717, 1.165) is 45.3 Å². The monoisotopic (exact) mass is 317 g/mol. The van der Waals surface area contributed by atoms with Gasteiger partial charge in [0.2, 0.25) is 11.8 Å². The van der Waals surface area contributed by atoms with Crippen LogP contribution in [0.25, 0.3) is 0 Å². The smallest absolute Gasteiger partial charge is 0.224 e. The topological polar surface area (TPSA) is 61.4 Å². The maximum absolute atomic E-state index is 12.2. The van der Waals surface area contributed by atoms with Crippen LogP contribution in [0.1, 0.15) is 46.0 Å². The van der Waals surface area contributed by atoms with Crippen molar-refractivity contribution in [3.05, 3.63) is 0 Å². The van der Waals surface area contributed by atoms with Crippen LogP contribution in [-0.4, -0.2) is 48.4 Å². The number of rotatable bonds is 4. The van der Waals surface area contributed by atoms with Crippen LogP contribution in [0.3, 0.4) is 0 Å². The largest absolute Gasteiger partial charge is 0.353 e. The summed E-state index contributed by atoms with van der Waals surface area (Å²) < 4.78 is 0. The molecule has 2 atom stereocenters. The Balaban J connectivity index is 0.00000220. The molecule has 21 heavy (non-hydrogen) atoms. The summed E-state index contributed by atoms with van der Waals surface area (Å²) in [6.45, 7) is 6.41. The number of hydrogen-bond donors (Lipinski definition) is 2. The molecule has 0 radical (unpaired) electrons. The number of halogens is 1. The van der Waals surface area contributed by atoms with Gasteiger partial charge in [-0.25, -0.2) is 0 Å². The molecule has 5 nitrogen and oxygen atoms in total. The van der Waals surface area contributed by atoms with E-state index >= 15 is 0 Å². The Morgan fingerprint density at radius 2 is 2.00 bits per heavy atom. The number of hydrogen-bond acceptors (Lipinski definition) is 3. The van der Waals surface area contributed by atoms with E-state index in [2.05, 4.69) is 17.6 Å². The molecule has 2 N–H and O–H groups in total. The van der Waals surface area contributed by atoms with Crippen LogP contribution in [-0.2, 0) is 9.59 Å². The van der Waals surface area contributed by atoms with Gasteiger partial charge in [0, 0.05) is 44.1 Å². The van der Waals surface area contributed by atoms with Gasteiger partial charge in [-0.05, 0) is 26.7 Å². The van der Waals surface area contributed by atoms with E-state index in [1.165, 1.54) is 0 Å². The Labute approximate surface area is 133 Å². The quantitative estimate of drug-likeness (QED) is 0.822. The lowest BCUT2D eigenvalue weighted by molar-refractivity contribution is -0.133. The molecule has 6 heteroatoms. The zero-order valence-electron chi connectivity index (χ0n) is 13.1. The molecule has 1 aliphatic heterocycles. The zero-order chi connectivity index (χ0) is 14.5. The Morgan fingerprint density at radius 3 is 2.62 bits per heavy atom. The van der Waals surface area contributed by atoms with Crippen molar-refractivity contribution in [2.75, 3.05) is 19.6 Å². The van der Waals surface area contributed by atoms with E-state index < -0.39 is 0 Å². The number of nitrogens with zero attached hydrogens (tertiary/aromatic N) is 1. The van der Waals surface area contributed by atoms with Gasteiger partial charge in [0.25, 0.3) is 0 Å². The van der Waals surface area contributed by atoms with Crippen LogP contribution >= 0.6 is 12.4 Å². The Hall–Kier alpha value is -0.810. The van der Waals surface area contributed by atoms with Gasteiger partial charge in [0.05, 0.1) is 0 Å². The lowest BCUT2D eigenvalue weighted by Gasteiger charge is -2.32. The first-order valence-electron chi connectivity index (χ1n) is 7.88. The maximum atomic E-state index is 12.2. The Bertz CT molecular complexity index is 359. The van der Waals surface area contributed by atoms with Gasteiger partial charge in [0.1, 0.15) is 0 Å². The van der Waals surface area contributed by atoms with Crippen LogP contribution in [0.15, 0.2) is 0 Å². The molecule has 1 saturated carbocycles. The summed E-state index contributed by atoms with van der Waals surface area (Å²) in [5, 5.41) is 6.33. The van der Waals surface area contributed by atoms with Gasteiger partial charge in [-0.2, -0.15) is 0 Å². The number of carbonyl (C=O) groups excluding carboxylic acids is 2. The van der Waals surface area contributed by atoms with E-state index in [1.54, 1.807) is 0 Å². The molecular weight excluding hydrogens is 290 g/mol. The van der Waals surface area contributed by atoms with Crippen molar-refractivity contribution >= 4 is 24.2 Å². The molecule has 2 unspecified atom stereocenters. The second kappa shape index (κ2) is 8.59. The van der Waals surface area contributed by atoms with E-state index in [-0.39, 0.29) is 36.2 Å². The Kier molecular flexibility index (Phi) is 7.46. The molecule has 0 aromatic carbocycles. The van der Waals surface area contributed by atoms with Gasteiger partial charge < -0.3 is 15.5 Å². The first kappa shape index (κ1) is 18.2. The minimum atomic E-state index is -0.0687. The number of piperazine rings is 1. The number of amides is 2. The summed E-state index contributed by atoms with van der Waals surface area (Å²) in [6.07, 6.45) is 4.73. The average Bonchev–Trinajstić information content (AvgIpc) is 2.92. The van der Waals surface area contributed by atoms with Crippen molar-refractivity contribution in [1.82, 2.24) is 15.5 Å². The normalized spacial score (nSPS) is 24.3. The van der Waals surface area contributed by atoms with Crippen molar-refractivity contribution in [2.24, 2.45) is 5.92 Å². The molecule has 122 valence electrons. The van der Waals surface area contributed by atoms with Gasteiger partial charge in [0.15, 0.2) is 0 Å². The van der Waals surface area contributed by atoms with Crippen LogP contribution in [0.5, 0.6) is 0 Å². The van der Waals surface area contributed by atoms with E-state index in [9.17, 15) is 9.59 Å². The second-order valence-corrected chi connectivity index (χ2v) is 6.29. The van der Waals surface area contributed by atoms with Crippen LogP contribution in [0.4, 0.5) is 0 Å². The molecule has 2 rings (SSSR count). The molecule has 1 aliphatic carbocycles. The molecule has 0 aromatic rings. The van der Waals surface area contributed by atoms with E-state index in [4.69, 9.17) is 0 Å². The van der Waals surface area contributed by atoms with Crippen LogP contribution in [0, 0.1) is 5.92 Å². The first-order chi connectivity index (χ1) is 9.56. The third-order valence-corrected chi connectivity index (χ3v) is 4.32. The molecule has 2 aliphatic rings. The fraction of sp³-hybridized carbons (Fsp3) is 0.867. The predicted octanol–water partition coefficient (Wildman–Crippen LogP) is 1.31. The minimum Gasteiger partial charge on any atom is -0.353 e. The van der Waals surface area contributed by atoms with E-state index in [0.29, 0.717) is 12.5 Å². The van der Waals surface area contributed by atoms with Crippen molar-refractivity contribution in [3.8, 4) is 0 Å². The van der Waals surface area contributed by atoms with Crippen molar-refractivity contribution in [3.63, 3.8) is 0 Å². The summed E-state index contributed by atoms with van der Waals surface area (Å²) in [6, 6.07) is 0.289. The molecule has 2 amide bonds. The molecule has 0 aromatic heterocycles. The standard InChI is InChI=1S/C15H27N3O2.ClH/c1-11(17-15(20)13-5-3-4-6-13)9-14(19)18-8-7-16-12(2)10-18;/h11-13,16H,3-10H2,1-2H3,(H,17,20);1H. The summed E-state index contributed by atoms with van der Waals surface area (Å²) in [4.78, 5) is 26.1. The molecule has 2 fully saturated rings. The lowest BCUT2D eigenvalue weighted by atomic mass is 10.1. The fourth-order valence-corrected chi connectivity index (χ4v) is 3.15. The van der Waals surface area contributed by atoms with Gasteiger partial charge >= 0.3 is 0 Å². The predicted molar refractivity (Wildman–Crippen MR) is 85.5 cm³/mol. The summed E-state index contributed by atoms with van der Waals surface area (Å²) in [7, 11) is 0. The highest BCUT2D eigenvalue weighted by atomic mass is 35.5. The van der Waals surface area contributed by atoms with Crippen LogP contribution in [0.2, 0.25) is 0 Å². The highest BCUT2D eigenvalue weighted by Gasteiger charge is 2.26. The maximum Gasteiger partial charge on any atom is 0.224 e. The summed E-state index contributed by atoms with van der Waals surface area (Å²) in [5.41, 5.74) is 0. The number of carbonyl (C=O) groups is 2. The second-order valence-electron chi connectivity index (χ2n) is 6.29. The average molecular weight is 318 g/mol. The third-order valence-electron chi connectivity index (χ3n) is 4.32. The minimum absolute atomic E-state index is 0. The highest BCUT2D eigenvalue weighted by Crippen LogP contribution is 2.24. The SMILES string of the molecule is CC1CN(C(=O)CC(C)NC(=O)C2CCCC2)CCN1.Cl. The zero-order valence-corrected chi connectivity index (χ0v) is 13.9. The summed E-state index contributed by atoms with van der Waals surface area (Å²) >= 11 is 0. The van der Waals surface area contributed by atoms with Crippen molar-refractivity contribution in [2.45, 2.75) is 58.0 Å². The van der Waals surface area contributed by atoms with Gasteiger partial charge in [-0.1, -0.05) is 12.8 Å². The van der Waals surface area contributed by atoms with Gasteiger partial charge in [-0.15, -0.1) is 12.4 Å². The van der Waals surface area contributed by atoms with E-state index in [1.807, 2.05) is 11.8 Å². The molecule has 1 heterocycles. The number of nitrogens with one attached hydrogen (secondary N) is 2. The summed E-state index contributed by atoms with van der Waals surface area (Å²) in [5.74, 6) is 0.459. The fourth-order valence-electron chi connectivity index (χ4n) is 3.15. The molecule has 0 spiro atoms. The lowest BCUT2D eigenvalue weighted by Crippen LogP contribution is -2.52. The molecule has 0 bridgehead atoms. The first-order valence-corrected chi connectivity index (χ1v) is 7.88. The van der Waals surface area contributed by atoms with Crippen molar-refractivity contribution < 1.29 is 9.59 Å². The third kappa shape index (κ3) is 5.47. The highest BCUT2D eigenvalue weighted by molar-refractivity contribution is 5.85. The van der Waals surface area contributed by atoms with Crippen LogP contribution < -0.4 is 10.6 Å².